The van der Waals surface area contributed by atoms with Gasteiger partial charge in [0, 0.05) is 16.6 Å². The number of nitrogens with one attached hydrogen (secondary N) is 1. The van der Waals surface area contributed by atoms with Crippen molar-refractivity contribution >= 4 is 10.9 Å². The second-order valence-corrected chi connectivity index (χ2v) is 16.1. The highest BCUT2D eigenvalue weighted by molar-refractivity contribution is 5.86. The Bertz CT molecular complexity index is 1390. The highest BCUT2D eigenvalue weighted by Gasteiger charge is 2.60. The minimum Gasteiger partial charge on any atom is -0.489 e. The van der Waals surface area contributed by atoms with E-state index in [0.29, 0.717) is 17.4 Å². The van der Waals surface area contributed by atoms with Crippen molar-refractivity contribution < 1.29 is 4.74 Å². The molecule has 0 amide bonds. The number of rotatable bonds is 8. The first kappa shape index (κ1) is 28.5. The molecule has 0 radical (unpaired) electrons. The maximum absolute atomic E-state index is 6.29. The van der Waals surface area contributed by atoms with Crippen molar-refractivity contribution in [1.29, 1.82) is 0 Å². The maximum atomic E-state index is 6.29. The molecule has 226 valence electrons. The summed E-state index contributed by atoms with van der Waals surface area (Å²) in [6.07, 6.45) is 15.6. The molecular formula is C40H55NO. The predicted octanol–water partition coefficient (Wildman–Crippen LogP) is 10.8. The summed E-state index contributed by atoms with van der Waals surface area (Å²) in [6.45, 7) is 13.5. The number of benzene rings is 2. The van der Waals surface area contributed by atoms with E-state index in [1.807, 2.05) is 0 Å². The van der Waals surface area contributed by atoms with Gasteiger partial charge in [-0.2, -0.15) is 0 Å². The first-order valence-electron chi connectivity index (χ1n) is 17.6. The van der Waals surface area contributed by atoms with Crippen LogP contribution in [0.4, 0.5) is 0 Å². The fourth-order valence-corrected chi connectivity index (χ4v) is 11.3. The molecule has 4 aliphatic carbocycles. The Kier molecular flexibility index (Phi) is 7.51. The monoisotopic (exact) mass is 565 g/mol. The van der Waals surface area contributed by atoms with E-state index in [1.165, 1.54) is 92.8 Å². The normalized spacial score (nSPS) is 34.5. The Morgan fingerprint density at radius 1 is 0.881 bits per heavy atom. The van der Waals surface area contributed by atoms with E-state index < -0.39 is 0 Å². The largest absolute Gasteiger partial charge is 0.489 e. The van der Waals surface area contributed by atoms with E-state index in [9.17, 15) is 0 Å². The second kappa shape index (κ2) is 11.0. The third-order valence-corrected chi connectivity index (χ3v) is 13.5. The summed E-state index contributed by atoms with van der Waals surface area (Å²) in [4.78, 5) is 3.87. The number of hydrogen-bond donors (Lipinski definition) is 1. The lowest BCUT2D eigenvalue weighted by atomic mass is 9.44. The van der Waals surface area contributed by atoms with Gasteiger partial charge in [-0.3, -0.25) is 0 Å². The summed E-state index contributed by atoms with van der Waals surface area (Å²) in [7, 11) is 0. The highest BCUT2D eigenvalue weighted by Crippen LogP contribution is 2.68. The van der Waals surface area contributed by atoms with Gasteiger partial charge < -0.3 is 9.72 Å². The Hall–Kier alpha value is -2.22. The molecule has 0 aliphatic heterocycles. The van der Waals surface area contributed by atoms with E-state index in [-0.39, 0.29) is 0 Å². The average molecular weight is 566 g/mol. The smallest absolute Gasteiger partial charge is 0.120 e. The van der Waals surface area contributed by atoms with Crippen LogP contribution in [0.2, 0.25) is 0 Å². The topological polar surface area (TPSA) is 25.0 Å². The van der Waals surface area contributed by atoms with Crippen molar-refractivity contribution in [2.75, 3.05) is 0 Å². The Labute approximate surface area is 255 Å². The molecule has 1 N–H and O–H groups in total. The molecule has 8 unspecified atom stereocenters. The third-order valence-electron chi connectivity index (χ3n) is 13.5. The van der Waals surface area contributed by atoms with Crippen molar-refractivity contribution in [2.45, 2.75) is 112 Å². The molecule has 2 heteroatoms. The summed E-state index contributed by atoms with van der Waals surface area (Å²) in [5.41, 5.74) is 6.64. The molecule has 2 aromatic carbocycles. The van der Waals surface area contributed by atoms with Gasteiger partial charge in [0.05, 0.1) is 0 Å². The van der Waals surface area contributed by atoms with Crippen LogP contribution < -0.4 is 4.74 Å². The van der Waals surface area contributed by atoms with Gasteiger partial charge in [0.25, 0.3) is 0 Å². The second-order valence-electron chi connectivity index (χ2n) is 16.1. The average Bonchev–Trinajstić information content (AvgIpc) is 3.51. The van der Waals surface area contributed by atoms with Crippen LogP contribution in [0.5, 0.6) is 5.75 Å². The van der Waals surface area contributed by atoms with Gasteiger partial charge in [-0.05, 0) is 133 Å². The van der Waals surface area contributed by atoms with Crippen molar-refractivity contribution in [2.24, 2.45) is 52.3 Å². The van der Waals surface area contributed by atoms with E-state index in [2.05, 4.69) is 88.1 Å². The Balaban J connectivity index is 1.10. The van der Waals surface area contributed by atoms with Crippen LogP contribution in [0.1, 0.15) is 109 Å². The molecule has 3 fully saturated rings. The first-order chi connectivity index (χ1) is 20.3. The number of fused-ring (bicyclic) bond motifs is 8. The number of aromatic nitrogens is 1. The van der Waals surface area contributed by atoms with Crippen molar-refractivity contribution in [3.8, 4) is 5.75 Å². The molecule has 8 atom stereocenters. The summed E-state index contributed by atoms with van der Waals surface area (Å²) in [6, 6.07) is 17.3. The van der Waals surface area contributed by atoms with E-state index in [1.54, 1.807) is 5.56 Å². The number of H-pyrrole nitrogens is 1. The quantitative estimate of drug-likeness (QED) is 0.289. The Morgan fingerprint density at radius 3 is 2.50 bits per heavy atom. The lowest BCUT2D eigenvalue weighted by Gasteiger charge is -2.60. The molecular weight excluding hydrogens is 510 g/mol. The first-order valence-corrected chi connectivity index (χ1v) is 17.6. The van der Waals surface area contributed by atoms with E-state index >= 15 is 0 Å². The van der Waals surface area contributed by atoms with Gasteiger partial charge >= 0.3 is 0 Å². The van der Waals surface area contributed by atoms with Gasteiger partial charge in [-0.25, -0.2) is 0 Å². The fraction of sp³-hybridized carbons (Fsp3) is 0.650. The van der Waals surface area contributed by atoms with Crippen LogP contribution in [0.3, 0.4) is 0 Å². The minimum absolute atomic E-state index is 0.425. The van der Waals surface area contributed by atoms with Crippen LogP contribution in [0, 0.1) is 52.3 Å². The zero-order chi connectivity index (χ0) is 29.1. The molecule has 0 spiro atoms. The maximum Gasteiger partial charge on any atom is 0.120 e. The fourth-order valence-electron chi connectivity index (χ4n) is 11.3. The van der Waals surface area contributed by atoms with Crippen LogP contribution in [-0.2, 0) is 19.4 Å². The van der Waals surface area contributed by atoms with Crippen molar-refractivity contribution in [3.63, 3.8) is 0 Å². The lowest BCUT2D eigenvalue weighted by molar-refractivity contribution is -0.103. The lowest BCUT2D eigenvalue weighted by Crippen LogP contribution is -2.54. The molecule has 42 heavy (non-hydrogen) atoms. The van der Waals surface area contributed by atoms with Crippen LogP contribution in [0.15, 0.2) is 48.5 Å². The molecule has 2 nitrogen and oxygen atoms in total. The summed E-state index contributed by atoms with van der Waals surface area (Å²) in [5.74, 6) is 7.28. The SMILES string of the molecule is CC(C)CCCC(C)C1CCC2C3CCC4Cc5[nH]c6ccc(OCc7ccccc7)cc6c5CC4(C)C3CCC12C. The van der Waals surface area contributed by atoms with Gasteiger partial charge in [-0.1, -0.05) is 84.2 Å². The molecule has 1 heterocycles. The molecule has 3 aromatic rings. The third kappa shape index (κ3) is 4.84. The van der Waals surface area contributed by atoms with Gasteiger partial charge in [-0.15, -0.1) is 0 Å². The molecule has 3 saturated carbocycles. The van der Waals surface area contributed by atoms with Gasteiger partial charge in [0.1, 0.15) is 12.4 Å². The summed E-state index contributed by atoms with van der Waals surface area (Å²) >= 11 is 0. The predicted molar refractivity (Wildman–Crippen MR) is 176 cm³/mol. The van der Waals surface area contributed by atoms with Crippen molar-refractivity contribution in [1.82, 2.24) is 4.98 Å². The van der Waals surface area contributed by atoms with Crippen LogP contribution in [0.25, 0.3) is 10.9 Å². The zero-order valence-corrected chi connectivity index (χ0v) is 27.1. The zero-order valence-electron chi connectivity index (χ0n) is 27.1. The van der Waals surface area contributed by atoms with Crippen LogP contribution in [-0.4, -0.2) is 4.98 Å². The number of ether oxygens (including phenoxy) is 1. The minimum atomic E-state index is 0.425. The summed E-state index contributed by atoms with van der Waals surface area (Å²) in [5, 5.41) is 1.41. The number of hydrogen-bond acceptors (Lipinski definition) is 1. The standard InChI is InChI=1S/C40H55NO/c1-26(2)10-9-11-27(3)34-17-18-35-31-16-14-29-22-38-33(24-40(29,5)36(31)20-21-39(34,35)4)32-23-30(15-19-37(32)41-38)42-25-28-12-7-6-8-13-28/h6-8,12-13,15,19,23,26-27,29,31,34-36,41H,9-11,14,16-18,20-22,24-25H2,1-5H3. The van der Waals surface area contributed by atoms with Crippen molar-refractivity contribution in [3.05, 3.63) is 65.4 Å². The van der Waals surface area contributed by atoms with Crippen LogP contribution >= 0.6 is 0 Å². The molecule has 1 aromatic heterocycles. The van der Waals surface area contributed by atoms with E-state index in [0.717, 1.165) is 47.2 Å². The van der Waals surface area contributed by atoms with Gasteiger partial charge in [0.2, 0.25) is 0 Å². The molecule has 7 rings (SSSR count). The number of aromatic amines is 1. The Morgan fingerprint density at radius 2 is 1.69 bits per heavy atom. The summed E-state index contributed by atoms with van der Waals surface area (Å²) < 4.78 is 6.29. The molecule has 0 saturated heterocycles. The molecule has 0 bridgehead atoms. The van der Waals surface area contributed by atoms with E-state index in [4.69, 9.17) is 4.74 Å². The highest BCUT2D eigenvalue weighted by atomic mass is 16.5. The van der Waals surface area contributed by atoms with Gasteiger partial charge in [0.15, 0.2) is 0 Å². The molecule has 4 aliphatic rings.